The molecule has 0 bridgehead atoms. The number of phenols is 1. The molecule has 0 aromatic heterocycles. The highest BCUT2D eigenvalue weighted by Crippen LogP contribution is 2.62. The van der Waals surface area contributed by atoms with Crippen molar-refractivity contribution in [3.8, 4) is 5.75 Å². The lowest BCUT2D eigenvalue weighted by molar-refractivity contribution is -0.0158. The highest BCUT2D eigenvalue weighted by molar-refractivity contribution is 5.55. The van der Waals surface area contributed by atoms with Gasteiger partial charge in [-0.1, -0.05) is 49.4 Å². The van der Waals surface area contributed by atoms with Gasteiger partial charge in [0.1, 0.15) is 5.75 Å². The molecule has 5 atom stereocenters. The first-order chi connectivity index (χ1) is 13.1. The van der Waals surface area contributed by atoms with E-state index in [4.69, 9.17) is 0 Å². The second-order valence-corrected chi connectivity index (χ2v) is 9.08. The van der Waals surface area contributed by atoms with Gasteiger partial charge >= 0.3 is 0 Å². The van der Waals surface area contributed by atoms with E-state index in [0.717, 1.165) is 25.7 Å². The molecule has 2 aromatic carbocycles. The number of hydrogen-bond donors (Lipinski definition) is 2. The number of aliphatic hydroxyl groups excluding tert-OH is 1. The third kappa shape index (κ3) is 2.65. The fourth-order valence-corrected chi connectivity index (χ4v) is 6.33. The summed E-state index contributed by atoms with van der Waals surface area (Å²) in [4.78, 5) is 0. The fraction of sp³-hybridized carbons (Fsp3) is 0.440. The Morgan fingerprint density at radius 1 is 1.07 bits per heavy atom. The van der Waals surface area contributed by atoms with Crippen LogP contribution >= 0.6 is 0 Å². The van der Waals surface area contributed by atoms with Gasteiger partial charge in [-0.15, -0.1) is 0 Å². The second kappa shape index (κ2) is 6.24. The van der Waals surface area contributed by atoms with Crippen molar-refractivity contribution in [3.63, 3.8) is 0 Å². The first-order valence-corrected chi connectivity index (χ1v) is 10.3. The lowest BCUT2D eigenvalue weighted by Crippen LogP contribution is -2.44. The van der Waals surface area contributed by atoms with Gasteiger partial charge in [0.05, 0.1) is 6.10 Å². The van der Waals surface area contributed by atoms with Crippen LogP contribution in [0.2, 0.25) is 0 Å². The largest absolute Gasteiger partial charge is 0.508 e. The Bertz CT molecular complexity index is 884. The van der Waals surface area contributed by atoms with Gasteiger partial charge in [-0.3, -0.25) is 0 Å². The second-order valence-electron chi connectivity index (χ2n) is 9.08. The van der Waals surface area contributed by atoms with E-state index < -0.39 is 0 Å². The number of aliphatic hydroxyl groups is 1. The molecule has 2 aromatic rings. The monoisotopic (exact) mass is 360 g/mol. The molecule has 3 unspecified atom stereocenters. The maximum absolute atomic E-state index is 11.2. The molecule has 0 amide bonds. The molecule has 140 valence electrons. The molecule has 2 N–H and O–H groups in total. The molecule has 0 heterocycles. The number of fused-ring (bicyclic) bond motifs is 5. The zero-order valence-electron chi connectivity index (χ0n) is 15.9. The molecule has 3 aliphatic carbocycles. The predicted molar refractivity (Wildman–Crippen MR) is 109 cm³/mol. The molecule has 5 rings (SSSR count). The maximum atomic E-state index is 11.2. The summed E-state index contributed by atoms with van der Waals surface area (Å²) in [7, 11) is 0. The lowest BCUT2D eigenvalue weighted by Gasteiger charge is -2.49. The van der Waals surface area contributed by atoms with Crippen LogP contribution in [0.15, 0.2) is 54.1 Å². The number of benzene rings is 2. The molecule has 2 heteroatoms. The summed E-state index contributed by atoms with van der Waals surface area (Å²) < 4.78 is 0. The smallest absolute Gasteiger partial charge is 0.115 e. The first-order valence-electron chi connectivity index (χ1n) is 10.3. The highest BCUT2D eigenvalue weighted by atomic mass is 16.3. The van der Waals surface area contributed by atoms with E-state index in [1.165, 1.54) is 28.7 Å². The quantitative estimate of drug-likeness (QED) is 0.724. The average molecular weight is 360 g/mol. The molecule has 0 radical (unpaired) electrons. The van der Waals surface area contributed by atoms with Gasteiger partial charge in [0.15, 0.2) is 0 Å². The molecular weight excluding hydrogens is 332 g/mol. The van der Waals surface area contributed by atoms with Crippen molar-refractivity contribution in [2.75, 3.05) is 0 Å². The van der Waals surface area contributed by atoms with Gasteiger partial charge in [-0.25, -0.2) is 0 Å². The maximum Gasteiger partial charge on any atom is 0.115 e. The van der Waals surface area contributed by atoms with Crippen LogP contribution in [0.4, 0.5) is 0 Å². The van der Waals surface area contributed by atoms with Gasteiger partial charge < -0.3 is 10.2 Å². The lowest BCUT2D eigenvalue weighted by atomic mass is 9.55. The molecule has 2 fully saturated rings. The van der Waals surface area contributed by atoms with Crippen LogP contribution in [0.3, 0.4) is 0 Å². The minimum absolute atomic E-state index is 0.00377. The first kappa shape index (κ1) is 17.1. The topological polar surface area (TPSA) is 40.5 Å². The van der Waals surface area contributed by atoms with Gasteiger partial charge in [-0.2, -0.15) is 0 Å². The summed E-state index contributed by atoms with van der Waals surface area (Å²) in [5, 5.41) is 21.1. The number of phenolic OH excluding ortho intramolecular Hbond substituents is 1. The van der Waals surface area contributed by atoms with E-state index in [1.54, 1.807) is 0 Å². The van der Waals surface area contributed by atoms with E-state index in [0.29, 0.717) is 23.5 Å². The van der Waals surface area contributed by atoms with E-state index >= 15 is 0 Å². The van der Waals surface area contributed by atoms with Crippen LogP contribution < -0.4 is 0 Å². The summed E-state index contributed by atoms with van der Waals surface area (Å²) in [5.74, 6) is 2.15. The molecule has 3 aliphatic rings. The Hall–Kier alpha value is -2.06. The zero-order chi connectivity index (χ0) is 18.6. The van der Waals surface area contributed by atoms with Crippen molar-refractivity contribution in [1.82, 2.24) is 0 Å². The van der Waals surface area contributed by atoms with E-state index in [1.807, 2.05) is 18.2 Å². The number of aromatic hydroxyl groups is 1. The highest BCUT2D eigenvalue weighted by Gasteiger charge is 2.56. The summed E-state index contributed by atoms with van der Waals surface area (Å²) in [6, 6.07) is 16.4. The Kier molecular flexibility index (Phi) is 3.94. The Morgan fingerprint density at radius 2 is 1.89 bits per heavy atom. The average Bonchev–Trinajstić information content (AvgIpc) is 2.93. The van der Waals surface area contributed by atoms with Crippen molar-refractivity contribution in [2.24, 2.45) is 17.3 Å². The van der Waals surface area contributed by atoms with Gasteiger partial charge in [0, 0.05) is 5.41 Å². The van der Waals surface area contributed by atoms with Crippen LogP contribution in [-0.4, -0.2) is 16.3 Å². The molecule has 0 saturated heterocycles. The van der Waals surface area contributed by atoms with Crippen LogP contribution in [0.5, 0.6) is 5.75 Å². The molecule has 2 saturated carbocycles. The molecule has 2 nitrogen and oxygen atoms in total. The fourth-order valence-electron chi connectivity index (χ4n) is 6.33. The van der Waals surface area contributed by atoms with Crippen molar-refractivity contribution in [1.29, 1.82) is 0 Å². The number of aryl methyl sites for hydroxylation is 1. The standard InChI is InChI=1S/C25H28O2/c1-25-12-11-21-20-10-8-19(26)14-17(20)7-9-22(21)23(25)15-18(24(25)27)13-16-5-3-2-4-6-16/h2-6,8,10,13-14,21-24,26-27H,7,9,11-12,15H2,1H3/t21?,22?,23?,24-,25-/m0/s1. The summed E-state index contributed by atoms with van der Waals surface area (Å²) in [5.41, 5.74) is 5.18. The van der Waals surface area contributed by atoms with E-state index in [2.05, 4.69) is 43.3 Å². The normalized spacial score (nSPS) is 36.1. The van der Waals surface area contributed by atoms with Crippen LogP contribution in [0, 0.1) is 17.3 Å². The third-order valence-electron chi connectivity index (χ3n) is 7.73. The zero-order valence-corrected chi connectivity index (χ0v) is 15.9. The van der Waals surface area contributed by atoms with Crippen molar-refractivity contribution in [2.45, 2.75) is 51.0 Å². The molecule has 27 heavy (non-hydrogen) atoms. The Labute approximate surface area is 161 Å². The molecular formula is C25H28O2. The minimum Gasteiger partial charge on any atom is -0.508 e. The van der Waals surface area contributed by atoms with Gasteiger partial charge in [0.2, 0.25) is 0 Å². The minimum atomic E-state index is -0.329. The van der Waals surface area contributed by atoms with Crippen molar-refractivity contribution >= 4 is 6.08 Å². The Morgan fingerprint density at radius 3 is 2.70 bits per heavy atom. The number of hydrogen-bond acceptors (Lipinski definition) is 2. The summed E-state index contributed by atoms with van der Waals surface area (Å²) >= 11 is 0. The number of rotatable bonds is 1. The van der Waals surface area contributed by atoms with Gasteiger partial charge in [-0.05, 0) is 84.3 Å². The molecule has 0 spiro atoms. The van der Waals surface area contributed by atoms with E-state index in [-0.39, 0.29) is 11.5 Å². The van der Waals surface area contributed by atoms with Crippen LogP contribution in [-0.2, 0) is 6.42 Å². The summed E-state index contributed by atoms with van der Waals surface area (Å²) in [6.45, 7) is 2.32. The third-order valence-corrected chi connectivity index (χ3v) is 7.73. The summed E-state index contributed by atoms with van der Waals surface area (Å²) in [6.07, 6.45) is 7.35. The van der Waals surface area contributed by atoms with Crippen molar-refractivity contribution in [3.05, 3.63) is 70.8 Å². The van der Waals surface area contributed by atoms with Crippen LogP contribution in [0.25, 0.3) is 6.08 Å². The SMILES string of the molecule is C[C@]12CCC3c4ccc(O)cc4CCC3C1CC(=Cc1ccccc1)[C@@H]2O. The van der Waals surface area contributed by atoms with Crippen molar-refractivity contribution < 1.29 is 10.2 Å². The predicted octanol–water partition coefficient (Wildman–Crippen LogP) is 5.30. The molecule has 0 aliphatic heterocycles. The van der Waals surface area contributed by atoms with E-state index in [9.17, 15) is 10.2 Å². The Balaban J connectivity index is 1.49. The van der Waals surface area contributed by atoms with Gasteiger partial charge in [0.25, 0.3) is 0 Å². The van der Waals surface area contributed by atoms with Crippen LogP contribution in [0.1, 0.15) is 55.2 Å².